The fourth-order valence-corrected chi connectivity index (χ4v) is 3.94. The van der Waals surface area contributed by atoms with E-state index in [9.17, 15) is 14.3 Å². The Morgan fingerprint density at radius 1 is 1.32 bits per heavy atom. The van der Waals surface area contributed by atoms with Crippen molar-refractivity contribution in [1.29, 1.82) is 0 Å². The molecule has 0 aliphatic heterocycles. The molecular weight excluding hydrogens is 343 g/mol. The average molecular weight is 356 g/mol. The number of halogens is 1. The van der Waals surface area contributed by atoms with Gasteiger partial charge < -0.3 is 9.52 Å². The molecule has 126 valence electrons. The zero-order valence-electron chi connectivity index (χ0n) is 13.2. The van der Waals surface area contributed by atoms with Gasteiger partial charge in [0.25, 0.3) is 0 Å². The minimum atomic E-state index is -0.955. The standard InChI is InChI=1S/C18H13FN2O3S/c1-10-17(11-4-6-12(19)7-5-11)21-13(9-15(22)23)16(20-18(21)25-10)14-3-2-8-24-14/h2-8H,9H2,1H3,(H,22,23). The summed E-state index contributed by atoms with van der Waals surface area (Å²) in [5.41, 5.74) is 2.69. The Labute approximate surface area is 146 Å². The second kappa shape index (κ2) is 5.86. The van der Waals surface area contributed by atoms with Crippen LogP contribution in [0.3, 0.4) is 0 Å². The number of carboxylic acid groups (broad SMARTS) is 1. The van der Waals surface area contributed by atoms with E-state index in [2.05, 4.69) is 4.98 Å². The molecule has 0 amide bonds. The fraction of sp³-hybridized carbons (Fsp3) is 0.111. The number of aryl methyl sites for hydroxylation is 1. The maximum Gasteiger partial charge on any atom is 0.309 e. The topological polar surface area (TPSA) is 67.7 Å². The number of fused-ring (bicyclic) bond motifs is 1. The highest BCUT2D eigenvalue weighted by molar-refractivity contribution is 7.17. The van der Waals surface area contributed by atoms with E-state index in [0.717, 1.165) is 16.1 Å². The van der Waals surface area contributed by atoms with Gasteiger partial charge in [0.2, 0.25) is 0 Å². The molecule has 0 saturated carbocycles. The van der Waals surface area contributed by atoms with E-state index >= 15 is 0 Å². The van der Waals surface area contributed by atoms with Crippen molar-refractivity contribution in [1.82, 2.24) is 9.38 Å². The third-order valence-corrected chi connectivity index (χ3v) is 4.89. The van der Waals surface area contributed by atoms with Crippen LogP contribution in [-0.2, 0) is 11.2 Å². The molecule has 0 unspecified atom stereocenters. The van der Waals surface area contributed by atoms with Crippen molar-refractivity contribution >= 4 is 22.3 Å². The lowest BCUT2D eigenvalue weighted by atomic mass is 10.1. The third-order valence-electron chi connectivity index (χ3n) is 3.93. The Morgan fingerprint density at radius 2 is 2.08 bits per heavy atom. The summed E-state index contributed by atoms with van der Waals surface area (Å²) in [4.78, 5) is 17.7. The Morgan fingerprint density at radius 3 is 2.72 bits per heavy atom. The van der Waals surface area contributed by atoms with Gasteiger partial charge in [-0.05, 0) is 48.9 Å². The molecule has 5 nitrogen and oxygen atoms in total. The molecule has 0 radical (unpaired) electrons. The van der Waals surface area contributed by atoms with Gasteiger partial charge in [0.1, 0.15) is 11.5 Å². The molecule has 0 aliphatic carbocycles. The average Bonchev–Trinajstić information content (AvgIpc) is 3.25. The summed E-state index contributed by atoms with van der Waals surface area (Å²) in [5, 5.41) is 9.35. The molecule has 1 aromatic carbocycles. The van der Waals surface area contributed by atoms with Crippen molar-refractivity contribution in [2.45, 2.75) is 13.3 Å². The van der Waals surface area contributed by atoms with Gasteiger partial charge in [0.15, 0.2) is 10.7 Å². The van der Waals surface area contributed by atoms with Crippen LogP contribution in [0.5, 0.6) is 0 Å². The van der Waals surface area contributed by atoms with Crippen LogP contribution >= 0.6 is 11.3 Å². The second-order valence-corrected chi connectivity index (χ2v) is 6.77. The van der Waals surface area contributed by atoms with Crippen LogP contribution in [0, 0.1) is 12.7 Å². The number of hydrogen-bond acceptors (Lipinski definition) is 4. The molecule has 0 aliphatic rings. The third kappa shape index (κ3) is 2.62. The van der Waals surface area contributed by atoms with Gasteiger partial charge in [-0.2, -0.15) is 0 Å². The number of carbonyl (C=O) groups is 1. The first-order valence-electron chi connectivity index (χ1n) is 7.57. The van der Waals surface area contributed by atoms with Crippen molar-refractivity contribution in [2.24, 2.45) is 0 Å². The van der Waals surface area contributed by atoms with Crippen molar-refractivity contribution < 1.29 is 18.7 Å². The molecule has 0 atom stereocenters. The molecule has 0 spiro atoms. The summed E-state index contributed by atoms with van der Waals surface area (Å²) in [6, 6.07) is 9.63. The molecule has 3 heterocycles. The van der Waals surface area contributed by atoms with Gasteiger partial charge in [0, 0.05) is 4.88 Å². The van der Waals surface area contributed by atoms with Crippen LogP contribution in [0.2, 0.25) is 0 Å². The summed E-state index contributed by atoms with van der Waals surface area (Å²) < 4.78 is 20.5. The number of rotatable bonds is 4. The summed E-state index contributed by atoms with van der Waals surface area (Å²) in [6.07, 6.45) is 1.33. The number of aromatic nitrogens is 2. The molecule has 1 N–H and O–H groups in total. The van der Waals surface area contributed by atoms with Crippen molar-refractivity contribution in [3.05, 3.63) is 59.0 Å². The van der Waals surface area contributed by atoms with Gasteiger partial charge in [-0.15, -0.1) is 11.3 Å². The SMILES string of the molecule is Cc1sc2nc(-c3ccco3)c(CC(=O)O)n2c1-c1ccc(F)cc1. The fourth-order valence-electron chi connectivity index (χ4n) is 2.93. The highest BCUT2D eigenvalue weighted by Gasteiger charge is 2.23. The lowest BCUT2D eigenvalue weighted by Crippen LogP contribution is -2.05. The van der Waals surface area contributed by atoms with Crippen LogP contribution < -0.4 is 0 Å². The predicted molar refractivity (Wildman–Crippen MR) is 92.2 cm³/mol. The van der Waals surface area contributed by atoms with Crippen molar-refractivity contribution in [3.63, 3.8) is 0 Å². The number of thiazole rings is 1. The molecule has 25 heavy (non-hydrogen) atoms. The van der Waals surface area contributed by atoms with Crippen molar-refractivity contribution in [2.75, 3.05) is 0 Å². The van der Waals surface area contributed by atoms with Crippen LogP contribution in [-0.4, -0.2) is 20.5 Å². The van der Waals surface area contributed by atoms with Gasteiger partial charge in [0.05, 0.1) is 24.1 Å². The van der Waals surface area contributed by atoms with E-state index in [-0.39, 0.29) is 12.2 Å². The molecule has 0 fully saturated rings. The van der Waals surface area contributed by atoms with E-state index in [1.807, 2.05) is 11.3 Å². The molecule has 4 aromatic rings. The zero-order valence-corrected chi connectivity index (χ0v) is 14.0. The number of carboxylic acids is 1. The Kier molecular flexibility index (Phi) is 3.65. The van der Waals surface area contributed by atoms with E-state index in [1.165, 1.54) is 29.7 Å². The highest BCUT2D eigenvalue weighted by atomic mass is 32.1. The number of benzene rings is 1. The maximum absolute atomic E-state index is 13.3. The van der Waals surface area contributed by atoms with Crippen LogP contribution in [0.25, 0.3) is 27.7 Å². The lowest BCUT2D eigenvalue weighted by molar-refractivity contribution is -0.136. The number of hydrogen-bond donors (Lipinski definition) is 1. The van der Waals surface area contributed by atoms with E-state index in [1.54, 1.807) is 24.3 Å². The molecule has 0 saturated heterocycles. The predicted octanol–water partition coefficient (Wildman–Crippen LogP) is 4.40. The zero-order chi connectivity index (χ0) is 17.6. The highest BCUT2D eigenvalue weighted by Crippen LogP contribution is 2.36. The van der Waals surface area contributed by atoms with E-state index in [0.29, 0.717) is 22.1 Å². The number of furan rings is 1. The summed E-state index contributed by atoms with van der Waals surface area (Å²) in [7, 11) is 0. The lowest BCUT2D eigenvalue weighted by Gasteiger charge is -2.06. The maximum atomic E-state index is 13.3. The molecule has 3 aromatic heterocycles. The van der Waals surface area contributed by atoms with Crippen LogP contribution in [0.4, 0.5) is 4.39 Å². The molecular formula is C18H13FN2O3S. The van der Waals surface area contributed by atoms with Crippen LogP contribution in [0.15, 0.2) is 47.1 Å². The minimum absolute atomic E-state index is 0.193. The monoisotopic (exact) mass is 356 g/mol. The normalized spacial score (nSPS) is 11.3. The largest absolute Gasteiger partial charge is 0.481 e. The first-order chi connectivity index (χ1) is 12.0. The Hall–Kier alpha value is -2.93. The Balaban J connectivity index is 2.02. The summed E-state index contributed by atoms with van der Waals surface area (Å²) >= 11 is 1.46. The molecule has 7 heteroatoms. The number of imidazole rings is 1. The van der Waals surface area contributed by atoms with Gasteiger partial charge in [-0.3, -0.25) is 9.20 Å². The minimum Gasteiger partial charge on any atom is -0.481 e. The molecule has 4 rings (SSSR count). The summed E-state index contributed by atoms with van der Waals surface area (Å²) in [5.74, 6) is -0.751. The van der Waals surface area contributed by atoms with Gasteiger partial charge >= 0.3 is 5.97 Å². The van der Waals surface area contributed by atoms with E-state index in [4.69, 9.17) is 4.42 Å². The first kappa shape index (κ1) is 15.6. The summed E-state index contributed by atoms with van der Waals surface area (Å²) in [6.45, 7) is 1.94. The van der Waals surface area contributed by atoms with Gasteiger partial charge in [-0.25, -0.2) is 9.37 Å². The van der Waals surface area contributed by atoms with Gasteiger partial charge in [-0.1, -0.05) is 0 Å². The first-order valence-corrected chi connectivity index (χ1v) is 8.38. The Bertz CT molecular complexity index is 1060. The van der Waals surface area contributed by atoms with E-state index < -0.39 is 5.97 Å². The van der Waals surface area contributed by atoms with Crippen LogP contribution in [0.1, 0.15) is 10.6 Å². The number of aliphatic carboxylic acids is 1. The quantitative estimate of drug-likeness (QED) is 0.589. The second-order valence-electron chi connectivity index (χ2n) is 5.59. The smallest absolute Gasteiger partial charge is 0.309 e. The molecule has 0 bridgehead atoms. The van der Waals surface area contributed by atoms with Crippen molar-refractivity contribution in [3.8, 4) is 22.7 Å². The number of nitrogens with zero attached hydrogens (tertiary/aromatic N) is 2.